The number of fused-ring (bicyclic) bond motifs is 1. The van der Waals surface area contributed by atoms with Crippen LogP contribution in [0.5, 0.6) is 11.5 Å². The van der Waals surface area contributed by atoms with Gasteiger partial charge >= 0.3 is 11.8 Å². The molecule has 2 saturated heterocycles. The number of piperidine rings is 1. The van der Waals surface area contributed by atoms with Crippen molar-refractivity contribution in [2.24, 2.45) is 5.92 Å². The first kappa shape index (κ1) is 20.0. The van der Waals surface area contributed by atoms with E-state index in [1.165, 1.54) is 0 Å². The highest BCUT2D eigenvalue weighted by Crippen LogP contribution is 2.32. The lowest BCUT2D eigenvalue weighted by atomic mass is 9.94. The highest BCUT2D eigenvalue weighted by atomic mass is 16.7. The predicted octanol–water partition coefficient (Wildman–Crippen LogP) is 1.04. The van der Waals surface area contributed by atoms with E-state index < -0.39 is 11.8 Å². The fraction of sp³-hybridized carbons (Fsp3) is 0.619. The van der Waals surface area contributed by atoms with Crippen LogP contribution in [0.25, 0.3) is 0 Å². The molecule has 4 rings (SSSR count). The molecule has 3 aliphatic rings. The first-order valence-corrected chi connectivity index (χ1v) is 10.5. The van der Waals surface area contributed by atoms with Crippen molar-refractivity contribution in [2.75, 3.05) is 39.6 Å². The summed E-state index contributed by atoms with van der Waals surface area (Å²) in [7, 11) is 0. The van der Waals surface area contributed by atoms with E-state index in [2.05, 4.69) is 15.5 Å². The summed E-state index contributed by atoms with van der Waals surface area (Å²) in [5, 5.41) is 5.45. The number of hydrogen-bond donors (Lipinski definition) is 2. The normalized spacial score (nSPS) is 20.4. The minimum absolute atomic E-state index is 0.210. The Morgan fingerprint density at radius 1 is 0.966 bits per heavy atom. The lowest BCUT2D eigenvalue weighted by molar-refractivity contribution is -0.139. The third-order valence-electron chi connectivity index (χ3n) is 6.00. The molecule has 0 spiro atoms. The standard InChI is InChI=1S/C21H29N3O5/c25-20(21(26)23-13-16-1-2-18-19(11-16)29-14-28-18)22-12-15-3-7-24(8-4-15)17-5-9-27-10-6-17/h1-2,11,15,17H,3-10,12-14H2,(H,22,25)(H,23,26). The number of benzene rings is 1. The number of ether oxygens (including phenoxy) is 3. The van der Waals surface area contributed by atoms with Gasteiger partial charge in [0.1, 0.15) is 0 Å². The molecule has 0 aliphatic carbocycles. The maximum atomic E-state index is 12.1. The Bertz CT molecular complexity index is 727. The molecule has 0 bridgehead atoms. The second-order valence-corrected chi connectivity index (χ2v) is 7.90. The van der Waals surface area contributed by atoms with E-state index in [1.54, 1.807) is 6.07 Å². The lowest BCUT2D eigenvalue weighted by Gasteiger charge is -2.39. The number of likely N-dealkylation sites (tertiary alicyclic amines) is 1. The van der Waals surface area contributed by atoms with Gasteiger partial charge in [0.15, 0.2) is 11.5 Å². The SMILES string of the molecule is O=C(NCc1ccc2c(c1)OCO2)C(=O)NCC1CCN(C2CCOCC2)CC1. The zero-order valence-corrected chi connectivity index (χ0v) is 16.7. The van der Waals surface area contributed by atoms with Crippen molar-refractivity contribution in [1.29, 1.82) is 0 Å². The average Bonchev–Trinajstić information content (AvgIpc) is 3.24. The summed E-state index contributed by atoms with van der Waals surface area (Å²) < 4.78 is 16.0. The molecule has 3 aliphatic heterocycles. The molecule has 0 saturated carbocycles. The van der Waals surface area contributed by atoms with Gasteiger partial charge in [0.2, 0.25) is 6.79 Å². The minimum Gasteiger partial charge on any atom is -0.454 e. The molecule has 29 heavy (non-hydrogen) atoms. The van der Waals surface area contributed by atoms with Crippen LogP contribution in [-0.2, 0) is 20.9 Å². The largest absolute Gasteiger partial charge is 0.454 e. The van der Waals surface area contributed by atoms with E-state index in [1.807, 2.05) is 12.1 Å². The Morgan fingerprint density at radius 2 is 1.69 bits per heavy atom. The smallest absolute Gasteiger partial charge is 0.309 e. The van der Waals surface area contributed by atoms with Crippen molar-refractivity contribution in [1.82, 2.24) is 15.5 Å². The Balaban J connectivity index is 1.15. The average molecular weight is 403 g/mol. The molecule has 2 N–H and O–H groups in total. The van der Waals surface area contributed by atoms with E-state index in [9.17, 15) is 9.59 Å². The highest BCUT2D eigenvalue weighted by Gasteiger charge is 2.27. The zero-order chi connectivity index (χ0) is 20.1. The fourth-order valence-electron chi connectivity index (χ4n) is 4.20. The molecule has 1 aromatic carbocycles. The molecule has 0 aromatic heterocycles. The molecule has 2 amide bonds. The number of amides is 2. The molecule has 3 heterocycles. The van der Waals surface area contributed by atoms with Crippen LogP contribution in [0, 0.1) is 5.92 Å². The van der Waals surface area contributed by atoms with Crippen molar-refractivity contribution >= 4 is 11.8 Å². The van der Waals surface area contributed by atoms with Crippen LogP contribution in [0.3, 0.4) is 0 Å². The maximum Gasteiger partial charge on any atom is 0.309 e. The number of hydrogen-bond acceptors (Lipinski definition) is 6. The summed E-state index contributed by atoms with van der Waals surface area (Å²) >= 11 is 0. The topological polar surface area (TPSA) is 89.1 Å². The zero-order valence-electron chi connectivity index (χ0n) is 16.7. The Morgan fingerprint density at radius 3 is 2.48 bits per heavy atom. The van der Waals surface area contributed by atoms with Crippen LogP contribution in [-0.4, -0.2) is 62.4 Å². The summed E-state index contributed by atoms with van der Waals surface area (Å²) in [6.45, 7) is 4.87. The number of carbonyl (C=O) groups excluding carboxylic acids is 2. The molecule has 8 nitrogen and oxygen atoms in total. The van der Waals surface area contributed by atoms with E-state index in [0.29, 0.717) is 30.0 Å². The Kier molecular flexibility index (Phi) is 6.51. The fourth-order valence-corrected chi connectivity index (χ4v) is 4.20. The summed E-state index contributed by atoms with van der Waals surface area (Å²) in [5.74, 6) is 0.602. The van der Waals surface area contributed by atoms with Gasteiger partial charge in [-0.15, -0.1) is 0 Å². The summed E-state index contributed by atoms with van der Waals surface area (Å²) in [6.07, 6.45) is 4.34. The molecule has 158 valence electrons. The second kappa shape index (κ2) is 9.45. The monoisotopic (exact) mass is 403 g/mol. The molecule has 1 aromatic rings. The number of rotatable bonds is 5. The molecule has 2 fully saturated rings. The maximum absolute atomic E-state index is 12.1. The molecule has 0 atom stereocenters. The van der Waals surface area contributed by atoms with Gasteiger partial charge in [-0.2, -0.15) is 0 Å². The highest BCUT2D eigenvalue weighted by molar-refractivity contribution is 6.35. The van der Waals surface area contributed by atoms with Crippen molar-refractivity contribution < 1.29 is 23.8 Å². The van der Waals surface area contributed by atoms with Crippen molar-refractivity contribution in [2.45, 2.75) is 38.3 Å². The summed E-state index contributed by atoms with van der Waals surface area (Å²) in [5.41, 5.74) is 0.857. The molecular formula is C21H29N3O5. The van der Waals surface area contributed by atoms with Gasteiger partial charge in [-0.1, -0.05) is 6.07 Å². The van der Waals surface area contributed by atoms with Crippen molar-refractivity contribution in [3.8, 4) is 11.5 Å². The van der Waals surface area contributed by atoms with E-state index in [0.717, 1.165) is 57.6 Å². The van der Waals surface area contributed by atoms with Gasteiger partial charge in [-0.3, -0.25) is 9.59 Å². The third-order valence-corrected chi connectivity index (χ3v) is 6.00. The summed E-state index contributed by atoms with van der Waals surface area (Å²) in [6, 6.07) is 6.10. The molecular weight excluding hydrogens is 374 g/mol. The first-order chi connectivity index (χ1) is 14.2. The Labute approximate surface area is 170 Å². The van der Waals surface area contributed by atoms with Crippen LogP contribution in [0.1, 0.15) is 31.2 Å². The van der Waals surface area contributed by atoms with E-state index in [4.69, 9.17) is 14.2 Å². The van der Waals surface area contributed by atoms with Crippen LogP contribution >= 0.6 is 0 Å². The van der Waals surface area contributed by atoms with Crippen molar-refractivity contribution in [3.63, 3.8) is 0 Å². The van der Waals surface area contributed by atoms with Crippen LogP contribution < -0.4 is 20.1 Å². The van der Waals surface area contributed by atoms with E-state index >= 15 is 0 Å². The van der Waals surface area contributed by atoms with Gasteiger partial charge in [-0.05, 0) is 62.4 Å². The van der Waals surface area contributed by atoms with Gasteiger partial charge in [0.05, 0.1) is 0 Å². The van der Waals surface area contributed by atoms with Crippen LogP contribution in [0.2, 0.25) is 0 Å². The number of carbonyl (C=O) groups is 2. The lowest BCUT2D eigenvalue weighted by Crippen LogP contribution is -2.47. The van der Waals surface area contributed by atoms with Gasteiger partial charge in [-0.25, -0.2) is 0 Å². The minimum atomic E-state index is -0.609. The van der Waals surface area contributed by atoms with Gasteiger partial charge in [0, 0.05) is 32.3 Å². The Hall–Kier alpha value is -2.32. The van der Waals surface area contributed by atoms with Gasteiger partial charge in [0.25, 0.3) is 0 Å². The first-order valence-electron chi connectivity index (χ1n) is 10.5. The van der Waals surface area contributed by atoms with Crippen LogP contribution in [0.15, 0.2) is 18.2 Å². The molecule has 0 unspecified atom stereocenters. The number of nitrogens with zero attached hydrogens (tertiary/aromatic N) is 1. The third kappa shape index (κ3) is 5.19. The van der Waals surface area contributed by atoms with Crippen molar-refractivity contribution in [3.05, 3.63) is 23.8 Å². The van der Waals surface area contributed by atoms with Crippen LogP contribution in [0.4, 0.5) is 0 Å². The summed E-state index contributed by atoms with van der Waals surface area (Å²) in [4.78, 5) is 26.8. The number of nitrogens with one attached hydrogen (secondary N) is 2. The van der Waals surface area contributed by atoms with E-state index in [-0.39, 0.29) is 13.3 Å². The second-order valence-electron chi connectivity index (χ2n) is 7.90. The molecule has 0 radical (unpaired) electrons. The molecule has 8 heteroatoms. The van der Waals surface area contributed by atoms with Gasteiger partial charge < -0.3 is 29.7 Å². The quantitative estimate of drug-likeness (QED) is 0.714. The predicted molar refractivity (Wildman–Crippen MR) is 106 cm³/mol.